The summed E-state index contributed by atoms with van der Waals surface area (Å²) in [5.74, 6) is -2.08. The van der Waals surface area contributed by atoms with Crippen LogP contribution in [0.5, 0.6) is 0 Å². The highest BCUT2D eigenvalue weighted by atomic mass is 16.4. The minimum absolute atomic E-state index is 0.157. The Labute approximate surface area is 121 Å². The zero-order valence-electron chi connectivity index (χ0n) is 11.4. The zero-order chi connectivity index (χ0) is 15.0. The van der Waals surface area contributed by atoms with Gasteiger partial charge in [-0.15, -0.1) is 0 Å². The molecule has 3 rings (SSSR count). The second-order valence-corrected chi connectivity index (χ2v) is 5.38. The number of anilines is 1. The van der Waals surface area contributed by atoms with Crippen LogP contribution in [0.4, 0.5) is 5.69 Å². The predicted octanol–water partition coefficient (Wildman–Crippen LogP) is 2.17. The summed E-state index contributed by atoms with van der Waals surface area (Å²) in [7, 11) is 0. The van der Waals surface area contributed by atoms with E-state index >= 15 is 0 Å². The van der Waals surface area contributed by atoms with E-state index in [-0.39, 0.29) is 11.6 Å². The molecule has 0 amide bonds. The fourth-order valence-electron chi connectivity index (χ4n) is 2.85. The Morgan fingerprint density at radius 1 is 1.24 bits per heavy atom. The van der Waals surface area contributed by atoms with Gasteiger partial charge in [0.05, 0.1) is 5.92 Å². The van der Waals surface area contributed by atoms with Crippen molar-refractivity contribution in [2.45, 2.75) is 12.8 Å². The molecule has 1 aromatic carbocycles. The molecule has 1 aliphatic heterocycles. The van der Waals surface area contributed by atoms with E-state index in [0.29, 0.717) is 13.0 Å². The molecule has 1 saturated heterocycles. The van der Waals surface area contributed by atoms with Crippen molar-refractivity contribution in [1.29, 1.82) is 0 Å². The van der Waals surface area contributed by atoms with Crippen LogP contribution in [0.1, 0.15) is 23.3 Å². The number of aliphatic carboxylic acids is 1. The van der Waals surface area contributed by atoms with Crippen molar-refractivity contribution in [1.82, 2.24) is 4.98 Å². The first-order valence-corrected chi connectivity index (χ1v) is 6.88. The molecule has 0 aliphatic carbocycles. The Balaban J connectivity index is 1.89. The fraction of sp³-hybridized carbons (Fsp3) is 0.333. The Hall–Kier alpha value is -2.50. The molecule has 0 spiro atoms. The first-order valence-electron chi connectivity index (χ1n) is 6.88. The summed E-state index contributed by atoms with van der Waals surface area (Å²) in [5.41, 5.74) is 1.86. The molecule has 2 aromatic rings. The normalized spacial score (nSPS) is 18.9. The highest BCUT2D eigenvalue weighted by Crippen LogP contribution is 2.27. The lowest BCUT2D eigenvalue weighted by molar-refractivity contribution is -0.141. The second kappa shape index (κ2) is 5.12. The number of carbonyl (C=O) groups is 2. The maximum atomic E-state index is 11.1. The maximum absolute atomic E-state index is 11.1. The van der Waals surface area contributed by atoms with E-state index in [1.807, 2.05) is 18.2 Å². The van der Waals surface area contributed by atoms with Crippen LogP contribution in [0.2, 0.25) is 0 Å². The SMILES string of the molecule is O=C(O)c1cc2cc(N3CCCC(C(=O)O)C3)ccc2[nH]1. The third-order valence-corrected chi connectivity index (χ3v) is 3.97. The quantitative estimate of drug-likeness (QED) is 0.804. The van der Waals surface area contributed by atoms with Crippen LogP contribution in [-0.4, -0.2) is 40.2 Å². The first-order chi connectivity index (χ1) is 10.0. The van der Waals surface area contributed by atoms with Crippen molar-refractivity contribution in [3.05, 3.63) is 30.0 Å². The van der Waals surface area contributed by atoms with Crippen LogP contribution >= 0.6 is 0 Å². The van der Waals surface area contributed by atoms with Crippen LogP contribution in [-0.2, 0) is 4.79 Å². The van der Waals surface area contributed by atoms with Crippen molar-refractivity contribution in [3.8, 4) is 0 Å². The molecule has 2 heterocycles. The first kappa shape index (κ1) is 13.5. The van der Waals surface area contributed by atoms with Crippen molar-refractivity contribution < 1.29 is 19.8 Å². The van der Waals surface area contributed by atoms with Gasteiger partial charge < -0.3 is 20.1 Å². The molecule has 0 saturated carbocycles. The number of nitrogens with one attached hydrogen (secondary N) is 1. The van der Waals surface area contributed by atoms with Gasteiger partial charge in [0.2, 0.25) is 0 Å². The monoisotopic (exact) mass is 288 g/mol. The number of fused-ring (bicyclic) bond motifs is 1. The Kier molecular flexibility index (Phi) is 3.29. The van der Waals surface area contributed by atoms with Gasteiger partial charge in [-0.2, -0.15) is 0 Å². The number of rotatable bonds is 3. The number of hydrogen-bond acceptors (Lipinski definition) is 3. The average molecular weight is 288 g/mol. The van der Waals surface area contributed by atoms with Crippen molar-refractivity contribution in [3.63, 3.8) is 0 Å². The number of aromatic carboxylic acids is 1. The van der Waals surface area contributed by atoms with Crippen molar-refractivity contribution in [2.24, 2.45) is 5.92 Å². The molecular formula is C15H16N2O4. The predicted molar refractivity (Wildman–Crippen MR) is 77.8 cm³/mol. The van der Waals surface area contributed by atoms with Crippen LogP contribution in [0.3, 0.4) is 0 Å². The minimum Gasteiger partial charge on any atom is -0.481 e. The Bertz CT molecular complexity index is 707. The second-order valence-electron chi connectivity index (χ2n) is 5.38. The van der Waals surface area contributed by atoms with E-state index < -0.39 is 11.9 Å². The van der Waals surface area contributed by atoms with E-state index in [4.69, 9.17) is 10.2 Å². The zero-order valence-corrected chi connectivity index (χ0v) is 11.4. The van der Waals surface area contributed by atoms with E-state index in [1.54, 1.807) is 6.07 Å². The highest BCUT2D eigenvalue weighted by molar-refractivity contribution is 5.94. The molecule has 6 heteroatoms. The van der Waals surface area contributed by atoms with Gasteiger partial charge in [0.25, 0.3) is 0 Å². The number of aromatic amines is 1. The van der Waals surface area contributed by atoms with Crippen LogP contribution in [0.25, 0.3) is 10.9 Å². The lowest BCUT2D eigenvalue weighted by Gasteiger charge is -2.32. The van der Waals surface area contributed by atoms with Gasteiger partial charge in [-0.1, -0.05) is 0 Å². The summed E-state index contributed by atoms with van der Waals surface area (Å²) in [6, 6.07) is 7.23. The standard InChI is InChI=1S/C15H16N2O4/c18-14(19)9-2-1-5-17(8-9)11-3-4-12-10(6-11)7-13(16-12)15(20)21/h3-4,6-7,9,16H,1-2,5,8H2,(H,18,19)(H,20,21). The number of H-pyrrole nitrogens is 1. The minimum atomic E-state index is -0.989. The number of aromatic nitrogens is 1. The molecule has 1 fully saturated rings. The van der Waals surface area contributed by atoms with Crippen LogP contribution in [0, 0.1) is 5.92 Å². The Morgan fingerprint density at radius 3 is 2.76 bits per heavy atom. The number of nitrogens with zero attached hydrogens (tertiary/aromatic N) is 1. The molecular weight excluding hydrogens is 272 g/mol. The molecule has 6 nitrogen and oxygen atoms in total. The third kappa shape index (κ3) is 2.56. The van der Waals surface area contributed by atoms with E-state index in [0.717, 1.165) is 29.6 Å². The largest absolute Gasteiger partial charge is 0.481 e. The van der Waals surface area contributed by atoms with Gasteiger partial charge in [0, 0.05) is 29.7 Å². The lowest BCUT2D eigenvalue weighted by Crippen LogP contribution is -2.38. The Morgan fingerprint density at radius 2 is 2.05 bits per heavy atom. The molecule has 1 unspecified atom stereocenters. The number of piperidine rings is 1. The van der Waals surface area contributed by atoms with Gasteiger partial charge in [0.1, 0.15) is 5.69 Å². The van der Waals surface area contributed by atoms with Gasteiger partial charge in [0.15, 0.2) is 0 Å². The van der Waals surface area contributed by atoms with Crippen molar-refractivity contribution in [2.75, 3.05) is 18.0 Å². The van der Waals surface area contributed by atoms with Gasteiger partial charge in [-0.25, -0.2) is 4.79 Å². The van der Waals surface area contributed by atoms with Gasteiger partial charge >= 0.3 is 11.9 Å². The van der Waals surface area contributed by atoms with Crippen molar-refractivity contribution >= 4 is 28.5 Å². The smallest absolute Gasteiger partial charge is 0.352 e. The topological polar surface area (TPSA) is 93.6 Å². The number of carboxylic acid groups (broad SMARTS) is 2. The van der Waals surface area contributed by atoms with E-state index in [2.05, 4.69) is 9.88 Å². The van der Waals surface area contributed by atoms with E-state index in [9.17, 15) is 9.59 Å². The summed E-state index contributed by atoms with van der Waals surface area (Å²) in [6.07, 6.45) is 1.56. The molecule has 1 aromatic heterocycles. The number of hydrogen-bond donors (Lipinski definition) is 3. The van der Waals surface area contributed by atoms with E-state index in [1.165, 1.54) is 0 Å². The molecule has 3 N–H and O–H groups in total. The lowest BCUT2D eigenvalue weighted by atomic mass is 9.97. The molecule has 0 radical (unpaired) electrons. The van der Waals surface area contributed by atoms with Gasteiger partial charge in [-0.3, -0.25) is 4.79 Å². The molecule has 1 atom stereocenters. The summed E-state index contributed by atoms with van der Waals surface area (Å²) >= 11 is 0. The fourth-order valence-corrected chi connectivity index (χ4v) is 2.85. The third-order valence-electron chi connectivity index (χ3n) is 3.97. The summed E-state index contributed by atoms with van der Waals surface area (Å²) in [6.45, 7) is 1.32. The van der Waals surface area contributed by atoms with Crippen LogP contribution in [0.15, 0.2) is 24.3 Å². The molecule has 0 bridgehead atoms. The summed E-state index contributed by atoms with van der Waals surface area (Å²) < 4.78 is 0. The van der Waals surface area contributed by atoms with Gasteiger partial charge in [-0.05, 0) is 37.1 Å². The maximum Gasteiger partial charge on any atom is 0.352 e. The summed E-state index contributed by atoms with van der Waals surface area (Å²) in [4.78, 5) is 27.0. The molecule has 110 valence electrons. The molecule has 21 heavy (non-hydrogen) atoms. The van der Waals surface area contributed by atoms with Crippen LogP contribution < -0.4 is 4.90 Å². The summed E-state index contributed by atoms with van der Waals surface area (Å²) in [5, 5.41) is 19.0. The highest BCUT2D eigenvalue weighted by Gasteiger charge is 2.25. The number of carboxylic acids is 2. The number of benzene rings is 1. The average Bonchev–Trinajstić information content (AvgIpc) is 2.90. The molecule has 1 aliphatic rings.